The van der Waals surface area contributed by atoms with Crippen LogP contribution < -0.4 is 10.9 Å². The average molecular weight is 571 g/mol. The second-order valence-electron chi connectivity index (χ2n) is 11.4. The van der Waals surface area contributed by atoms with E-state index in [1.165, 1.54) is 88.2 Å². The van der Waals surface area contributed by atoms with Gasteiger partial charge < -0.3 is 0 Å². The second-order valence-corrected chi connectivity index (χ2v) is 13.6. The summed E-state index contributed by atoms with van der Waals surface area (Å²) in [5.41, 5.74) is 2.67. The van der Waals surface area contributed by atoms with E-state index in [1.54, 1.807) is 22.7 Å². The van der Waals surface area contributed by atoms with Gasteiger partial charge in [0.15, 0.2) is 10.9 Å². The van der Waals surface area contributed by atoms with Gasteiger partial charge in [0, 0.05) is 40.3 Å². The van der Waals surface area contributed by atoms with Crippen LogP contribution in [0.15, 0.2) is 58.1 Å². The average Bonchev–Trinajstić information content (AvgIpc) is 2.97. The molecule has 5 aromatic rings. The number of fused-ring (bicyclic) bond motifs is 4. The van der Waals surface area contributed by atoms with E-state index in [0.29, 0.717) is 0 Å². The lowest BCUT2D eigenvalue weighted by Crippen LogP contribution is -2.05. The summed E-state index contributed by atoms with van der Waals surface area (Å²) in [4.78, 5) is 27.3. The monoisotopic (exact) mass is 570 g/mol. The molecule has 2 nitrogen and oxygen atoms in total. The molecule has 2 heterocycles. The molecule has 0 atom stereocenters. The number of benzene rings is 3. The van der Waals surface area contributed by atoms with Crippen molar-refractivity contribution in [1.29, 1.82) is 0 Å². The molecule has 0 saturated carbocycles. The lowest BCUT2D eigenvalue weighted by atomic mass is 10.0. The largest absolute Gasteiger partial charge is 0.289 e. The Morgan fingerprint density at radius 3 is 1.25 bits per heavy atom. The molecule has 0 aliphatic heterocycles. The van der Waals surface area contributed by atoms with E-state index in [1.807, 2.05) is 12.1 Å². The summed E-state index contributed by atoms with van der Waals surface area (Å²) in [6, 6.07) is 16.7. The first kappa shape index (κ1) is 29.0. The van der Waals surface area contributed by atoms with Gasteiger partial charge in [-0.15, -0.1) is 22.7 Å². The van der Waals surface area contributed by atoms with Crippen molar-refractivity contribution in [3.05, 3.63) is 80.1 Å². The van der Waals surface area contributed by atoms with Gasteiger partial charge in [-0.05, 0) is 73.2 Å². The van der Waals surface area contributed by atoms with E-state index in [2.05, 4.69) is 50.2 Å². The SMILES string of the molecule is CCCCCCCCc1ccc2sc3cc4c(=O)c5cc(CCCCCCCC)ccc5sc4cc3c(=O)c2c1. The summed E-state index contributed by atoms with van der Waals surface area (Å²) in [5.74, 6) is 0. The maximum atomic E-state index is 13.6. The molecule has 3 aromatic carbocycles. The van der Waals surface area contributed by atoms with Crippen LogP contribution in [0.5, 0.6) is 0 Å². The van der Waals surface area contributed by atoms with Crippen molar-refractivity contribution in [2.45, 2.75) is 104 Å². The molecule has 40 heavy (non-hydrogen) atoms. The zero-order valence-electron chi connectivity index (χ0n) is 24.2. The number of rotatable bonds is 14. The number of hydrogen-bond acceptors (Lipinski definition) is 4. The maximum Gasteiger partial charge on any atom is 0.195 e. The fraction of sp³-hybridized carbons (Fsp3) is 0.444. The second kappa shape index (κ2) is 13.9. The van der Waals surface area contributed by atoms with Gasteiger partial charge in [0.2, 0.25) is 0 Å². The van der Waals surface area contributed by atoms with Crippen molar-refractivity contribution in [2.24, 2.45) is 0 Å². The first-order valence-electron chi connectivity index (χ1n) is 15.5. The maximum absolute atomic E-state index is 13.6. The van der Waals surface area contributed by atoms with E-state index in [-0.39, 0.29) is 10.9 Å². The van der Waals surface area contributed by atoms with Crippen molar-refractivity contribution >= 4 is 63.0 Å². The fourth-order valence-electron chi connectivity index (χ4n) is 5.83. The molecule has 0 unspecified atom stereocenters. The molecular formula is C36H42O2S2. The van der Waals surface area contributed by atoms with Crippen molar-refractivity contribution in [3.63, 3.8) is 0 Å². The normalized spacial score (nSPS) is 11.8. The first-order valence-corrected chi connectivity index (χ1v) is 17.1. The van der Waals surface area contributed by atoms with E-state index < -0.39 is 0 Å². The molecular weight excluding hydrogens is 529 g/mol. The van der Waals surface area contributed by atoms with Gasteiger partial charge in [-0.2, -0.15) is 0 Å². The summed E-state index contributed by atoms with van der Waals surface area (Å²) in [5, 5.41) is 3.09. The minimum absolute atomic E-state index is 0.0875. The lowest BCUT2D eigenvalue weighted by molar-refractivity contribution is 0.607. The van der Waals surface area contributed by atoms with Gasteiger partial charge >= 0.3 is 0 Å². The predicted molar refractivity (Wildman–Crippen MR) is 179 cm³/mol. The summed E-state index contributed by atoms with van der Waals surface area (Å²) in [7, 11) is 0. The Morgan fingerprint density at radius 2 is 0.825 bits per heavy atom. The topological polar surface area (TPSA) is 34.1 Å². The molecule has 0 aliphatic carbocycles. The third kappa shape index (κ3) is 6.66. The molecule has 0 fully saturated rings. The molecule has 0 spiro atoms. The molecule has 2 aromatic heterocycles. The number of aryl methyl sites for hydroxylation is 2. The van der Waals surface area contributed by atoms with Crippen molar-refractivity contribution in [2.75, 3.05) is 0 Å². The fourth-order valence-corrected chi connectivity index (χ4v) is 7.97. The van der Waals surface area contributed by atoms with Gasteiger partial charge in [-0.3, -0.25) is 9.59 Å². The third-order valence-corrected chi connectivity index (χ3v) is 10.5. The third-order valence-electron chi connectivity index (χ3n) is 8.23. The van der Waals surface area contributed by atoms with Crippen LogP contribution in [0.3, 0.4) is 0 Å². The highest BCUT2D eigenvalue weighted by molar-refractivity contribution is 7.26. The summed E-state index contributed by atoms with van der Waals surface area (Å²) >= 11 is 3.26. The van der Waals surface area contributed by atoms with Crippen LogP contribution in [0, 0.1) is 0 Å². The standard InChI is InChI=1S/C36H42O2S2/c1-3-5-7-9-11-13-15-25-17-19-31-27(21-25)35(37)29-23-34-30(24-33(29)39-31)36(38)28-22-26(18-20-32(28)40-34)16-14-12-10-8-6-4-2/h17-24H,3-16H2,1-2H3. The van der Waals surface area contributed by atoms with Crippen LogP contribution in [0.25, 0.3) is 40.3 Å². The Balaban J connectivity index is 1.42. The van der Waals surface area contributed by atoms with Crippen LogP contribution in [-0.2, 0) is 12.8 Å². The molecule has 210 valence electrons. The molecule has 4 heteroatoms. The Hall–Kier alpha value is -2.56. The lowest BCUT2D eigenvalue weighted by Gasteiger charge is -2.08. The van der Waals surface area contributed by atoms with Crippen LogP contribution >= 0.6 is 22.7 Å². The van der Waals surface area contributed by atoms with Crippen LogP contribution in [0.2, 0.25) is 0 Å². The van der Waals surface area contributed by atoms with E-state index in [4.69, 9.17) is 0 Å². The van der Waals surface area contributed by atoms with Gasteiger partial charge in [-0.1, -0.05) is 90.2 Å². The predicted octanol–water partition coefficient (Wildman–Crippen LogP) is 10.9. The minimum Gasteiger partial charge on any atom is -0.289 e. The number of hydrogen-bond donors (Lipinski definition) is 0. The zero-order chi connectivity index (χ0) is 27.9. The van der Waals surface area contributed by atoms with Crippen molar-refractivity contribution in [3.8, 4) is 0 Å². The first-order chi connectivity index (χ1) is 19.6. The molecule has 0 amide bonds. The van der Waals surface area contributed by atoms with Crippen molar-refractivity contribution < 1.29 is 0 Å². The Bertz CT molecular complexity index is 1600. The van der Waals surface area contributed by atoms with Gasteiger partial charge in [0.05, 0.1) is 0 Å². The highest BCUT2D eigenvalue weighted by Gasteiger charge is 2.13. The molecule has 0 bridgehead atoms. The minimum atomic E-state index is 0.0875. The Labute approximate surface area is 246 Å². The highest BCUT2D eigenvalue weighted by atomic mass is 32.1. The quantitative estimate of drug-likeness (QED) is 0.0983. The van der Waals surface area contributed by atoms with Gasteiger partial charge in [0.1, 0.15) is 0 Å². The zero-order valence-corrected chi connectivity index (χ0v) is 25.8. The molecule has 0 aliphatic rings. The molecule has 0 saturated heterocycles. The van der Waals surface area contributed by atoms with E-state index in [0.717, 1.165) is 53.2 Å². The Morgan fingerprint density at radius 1 is 0.450 bits per heavy atom. The van der Waals surface area contributed by atoms with Crippen LogP contribution in [0.4, 0.5) is 0 Å². The number of unbranched alkanes of at least 4 members (excludes halogenated alkanes) is 10. The summed E-state index contributed by atoms with van der Waals surface area (Å²) in [6.45, 7) is 4.50. The van der Waals surface area contributed by atoms with Crippen molar-refractivity contribution in [1.82, 2.24) is 0 Å². The molecule has 0 N–H and O–H groups in total. The molecule has 5 rings (SSSR count). The van der Waals surface area contributed by atoms with Crippen LogP contribution in [-0.4, -0.2) is 0 Å². The van der Waals surface area contributed by atoms with Gasteiger partial charge in [-0.25, -0.2) is 0 Å². The molecule has 0 radical (unpaired) electrons. The van der Waals surface area contributed by atoms with E-state index in [9.17, 15) is 9.59 Å². The van der Waals surface area contributed by atoms with E-state index >= 15 is 0 Å². The van der Waals surface area contributed by atoms with Gasteiger partial charge in [0.25, 0.3) is 0 Å². The smallest absolute Gasteiger partial charge is 0.195 e. The Kier molecular flexibility index (Phi) is 10.0. The summed E-state index contributed by atoms with van der Waals surface area (Å²) < 4.78 is 3.81. The highest BCUT2D eigenvalue weighted by Crippen LogP contribution is 2.32. The van der Waals surface area contributed by atoms with Crippen LogP contribution in [0.1, 0.15) is 102 Å². The summed E-state index contributed by atoms with van der Waals surface area (Å²) in [6.07, 6.45) is 17.3.